The highest BCUT2D eigenvalue weighted by Gasteiger charge is 2.32. The minimum absolute atomic E-state index is 0.177. The molecule has 2 atom stereocenters. The highest BCUT2D eigenvalue weighted by molar-refractivity contribution is 7.90. The van der Waals surface area contributed by atoms with E-state index in [-0.39, 0.29) is 17.4 Å². The van der Waals surface area contributed by atoms with Gasteiger partial charge < -0.3 is 15.2 Å². The molecule has 0 aliphatic heterocycles. The van der Waals surface area contributed by atoms with Crippen LogP contribution in [0.25, 0.3) is 0 Å². The van der Waals surface area contributed by atoms with Gasteiger partial charge >= 0.3 is 5.97 Å². The SMILES string of the molecule is COC(=O)C(C)(N)CC(C)Oc1cccc(S(C)(=O)=O)c1. The summed E-state index contributed by atoms with van der Waals surface area (Å²) in [5.41, 5.74) is 4.71. The van der Waals surface area contributed by atoms with Gasteiger partial charge in [0.2, 0.25) is 0 Å². The summed E-state index contributed by atoms with van der Waals surface area (Å²) in [5.74, 6) is -0.117. The van der Waals surface area contributed by atoms with Gasteiger partial charge in [0.15, 0.2) is 9.84 Å². The Morgan fingerprint density at radius 3 is 2.57 bits per heavy atom. The van der Waals surface area contributed by atoms with Crippen LogP contribution < -0.4 is 10.5 Å². The Kier molecular flexibility index (Phi) is 5.36. The Balaban J connectivity index is 2.80. The monoisotopic (exact) mass is 315 g/mol. The Labute approximate surface area is 125 Å². The first-order valence-corrected chi connectivity index (χ1v) is 8.29. The minimum Gasteiger partial charge on any atom is -0.491 e. The molecule has 2 N–H and O–H groups in total. The number of hydrogen-bond donors (Lipinski definition) is 1. The number of nitrogens with two attached hydrogens (primary N) is 1. The fourth-order valence-electron chi connectivity index (χ4n) is 1.97. The average molecular weight is 315 g/mol. The quantitative estimate of drug-likeness (QED) is 0.791. The Morgan fingerprint density at radius 2 is 2.05 bits per heavy atom. The molecular weight excluding hydrogens is 294 g/mol. The van der Waals surface area contributed by atoms with Crippen molar-refractivity contribution in [3.8, 4) is 5.75 Å². The molecule has 0 aliphatic carbocycles. The van der Waals surface area contributed by atoms with E-state index in [0.717, 1.165) is 6.26 Å². The van der Waals surface area contributed by atoms with Gasteiger partial charge in [0, 0.05) is 12.7 Å². The normalized spacial score (nSPS) is 15.9. The van der Waals surface area contributed by atoms with Crippen LogP contribution in [0.5, 0.6) is 5.75 Å². The summed E-state index contributed by atoms with van der Waals surface area (Å²) in [6.45, 7) is 3.31. The second-order valence-corrected chi connectivity index (χ2v) is 7.30. The number of benzene rings is 1. The van der Waals surface area contributed by atoms with Crippen molar-refractivity contribution in [1.29, 1.82) is 0 Å². The number of carbonyl (C=O) groups excluding carboxylic acids is 1. The number of hydrogen-bond acceptors (Lipinski definition) is 6. The van der Waals surface area contributed by atoms with Crippen LogP contribution in [0.4, 0.5) is 0 Å². The van der Waals surface area contributed by atoms with E-state index in [4.69, 9.17) is 10.5 Å². The highest BCUT2D eigenvalue weighted by atomic mass is 32.2. The predicted molar refractivity (Wildman–Crippen MR) is 78.9 cm³/mol. The van der Waals surface area contributed by atoms with Crippen molar-refractivity contribution in [2.45, 2.75) is 36.8 Å². The van der Waals surface area contributed by atoms with E-state index >= 15 is 0 Å². The molecule has 0 amide bonds. The first-order valence-electron chi connectivity index (χ1n) is 6.40. The second-order valence-electron chi connectivity index (χ2n) is 5.29. The summed E-state index contributed by atoms with van der Waals surface area (Å²) >= 11 is 0. The van der Waals surface area contributed by atoms with E-state index in [0.29, 0.717) is 5.75 Å². The fourth-order valence-corrected chi connectivity index (χ4v) is 2.62. The van der Waals surface area contributed by atoms with Crippen LogP contribution >= 0.6 is 0 Å². The zero-order valence-electron chi connectivity index (χ0n) is 12.6. The summed E-state index contributed by atoms with van der Waals surface area (Å²) in [6.07, 6.45) is 0.987. The van der Waals surface area contributed by atoms with E-state index in [1.165, 1.54) is 19.2 Å². The molecule has 21 heavy (non-hydrogen) atoms. The van der Waals surface area contributed by atoms with Gasteiger partial charge in [-0.1, -0.05) is 6.07 Å². The van der Waals surface area contributed by atoms with Crippen LogP contribution in [-0.4, -0.2) is 39.4 Å². The zero-order chi connectivity index (χ0) is 16.3. The summed E-state index contributed by atoms with van der Waals surface area (Å²) < 4.78 is 33.2. The molecule has 0 spiro atoms. The summed E-state index contributed by atoms with van der Waals surface area (Å²) in [6, 6.07) is 6.18. The molecule has 118 valence electrons. The molecule has 0 radical (unpaired) electrons. The lowest BCUT2D eigenvalue weighted by molar-refractivity contribution is -0.147. The molecule has 0 saturated heterocycles. The highest BCUT2D eigenvalue weighted by Crippen LogP contribution is 2.21. The van der Waals surface area contributed by atoms with Crippen LogP contribution in [0, 0.1) is 0 Å². The lowest BCUT2D eigenvalue weighted by atomic mass is 9.96. The van der Waals surface area contributed by atoms with Crippen LogP contribution in [0.1, 0.15) is 20.3 Å². The van der Waals surface area contributed by atoms with Gasteiger partial charge in [-0.05, 0) is 32.0 Å². The van der Waals surface area contributed by atoms with Crippen molar-refractivity contribution in [1.82, 2.24) is 0 Å². The van der Waals surface area contributed by atoms with E-state index in [2.05, 4.69) is 4.74 Å². The van der Waals surface area contributed by atoms with Crippen molar-refractivity contribution < 1.29 is 22.7 Å². The van der Waals surface area contributed by atoms with Crippen LogP contribution in [0.15, 0.2) is 29.2 Å². The third kappa shape index (κ3) is 5.02. The van der Waals surface area contributed by atoms with E-state index in [9.17, 15) is 13.2 Å². The molecule has 6 nitrogen and oxygen atoms in total. The van der Waals surface area contributed by atoms with Gasteiger partial charge in [-0.2, -0.15) is 0 Å². The summed E-state index contributed by atoms with van der Waals surface area (Å²) in [5, 5.41) is 0. The molecule has 0 heterocycles. The van der Waals surface area contributed by atoms with Gasteiger partial charge in [0.25, 0.3) is 0 Å². The molecule has 0 saturated carbocycles. The van der Waals surface area contributed by atoms with Crippen LogP contribution in [0.2, 0.25) is 0 Å². The van der Waals surface area contributed by atoms with Crippen molar-refractivity contribution in [3.05, 3.63) is 24.3 Å². The van der Waals surface area contributed by atoms with Crippen molar-refractivity contribution >= 4 is 15.8 Å². The van der Waals surface area contributed by atoms with E-state index < -0.39 is 21.3 Å². The molecule has 0 bridgehead atoms. The van der Waals surface area contributed by atoms with Crippen LogP contribution in [0.3, 0.4) is 0 Å². The topological polar surface area (TPSA) is 95.7 Å². The molecule has 2 unspecified atom stereocenters. The van der Waals surface area contributed by atoms with Crippen molar-refractivity contribution in [2.75, 3.05) is 13.4 Å². The standard InChI is InChI=1S/C14H21NO5S/c1-10(9-14(2,15)13(16)19-3)20-11-6-5-7-12(8-11)21(4,17)18/h5-8,10H,9,15H2,1-4H3. The Bertz CT molecular complexity index is 610. The third-order valence-corrected chi connectivity index (χ3v) is 4.04. The average Bonchev–Trinajstić information content (AvgIpc) is 2.36. The molecule has 1 aromatic carbocycles. The van der Waals surface area contributed by atoms with Crippen LogP contribution in [-0.2, 0) is 19.4 Å². The zero-order valence-corrected chi connectivity index (χ0v) is 13.4. The van der Waals surface area contributed by atoms with E-state index in [1.807, 2.05) is 0 Å². The molecule has 0 aliphatic rings. The maximum absolute atomic E-state index is 11.5. The maximum Gasteiger partial charge on any atom is 0.325 e. The van der Waals surface area contributed by atoms with E-state index in [1.54, 1.807) is 26.0 Å². The van der Waals surface area contributed by atoms with Crippen molar-refractivity contribution in [2.24, 2.45) is 5.73 Å². The van der Waals surface area contributed by atoms with Gasteiger partial charge in [0.05, 0.1) is 18.1 Å². The Hall–Kier alpha value is -1.60. The fraction of sp³-hybridized carbons (Fsp3) is 0.500. The number of rotatable bonds is 6. The first-order chi connectivity index (χ1) is 9.56. The summed E-state index contributed by atoms with van der Waals surface area (Å²) in [7, 11) is -2.02. The minimum atomic E-state index is -3.29. The molecular formula is C14H21NO5S. The number of carbonyl (C=O) groups is 1. The first kappa shape index (κ1) is 17.5. The maximum atomic E-state index is 11.5. The molecule has 1 rings (SSSR count). The summed E-state index contributed by atoms with van der Waals surface area (Å²) in [4.78, 5) is 11.7. The second kappa shape index (κ2) is 6.44. The number of sulfone groups is 1. The molecule has 1 aromatic rings. The van der Waals surface area contributed by atoms with Gasteiger partial charge in [-0.3, -0.25) is 4.79 Å². The van der Waals surface area contributed by atoms with Crippen molar-refractivity contribution in [3.63, 3.8) is 0 Å². The Morgan fingerprint density at radius 1 is 1.43 bits per heavy atom. The van der Waals surface area contributed by atoms with Gasteiger partial charge in [-0.25, -0.2) is 8.42 Å². The largest absolute Gasteiger partial charge is 0.491 e. The lowest BCUT2D eigenvalue weighted by Crippen LogP contribution is -2.48. The third-order valence-electron chi connectivity index (χ3n) is 2.93. The van der Waals surface area contributed by atoms with Gasteiger partial charge in [0.1, 0.15) is 11.3 Å². The number of methoxy groups -OCH3 is 1. The number of ether oxygens (including phenoxy) is 2. The van der Waals surface area contributed by atoms with Gasteiger partial charge in [-0.15, -0.1) is 0 Å². The smallest absolute Gasteiger partial charge is 0.325 e. The molecule has 0 fully saturated rings. The molecule has 7 heteroatoms. The predicted octanol–water partition coefficient (Wildman–Crippen LogP) is 1.14. The number of esters is 1. The lowest BCUT2D eigenvalue weighted by Gasteiger charge is -2.25. The molecule has 0 aromatic heterocycles.